The Morgan fingerprint density at radius 1 is 1.17 bits per heavy atom. The molecule has 1 aromatic heterocycles. The van der Waals surface area contributed by atoms with Crippen LogP contribution in [-0.4, -0.2) is 40.8 Å². The van der Waals surface area contributed by atoms with Crippen molar-refractivity contribution in [3.05, 3.63) is 59.9 Å². The summed E-state index contributed by atoms with van der Waals surface area (Å²) in [6, 6.07) is 11.2. The Balaban J connectivity index is 1.53. The van der Waals surface area contributed by atoms with Gasteiger partial charge in [-0.15, -0.1) is 0 Å². The second kappa shape index (κ2) is 10.2. The molecule has 2 heterocycles. The van der Waals surface area contributed by atoms with Gasteiger partial charge in [-0.25, -0.2) is 0 Å². The van der Waals surface area contributed by atoms with Gasteiger partial charge < -0.3 is 15.0 Å². The molecular formula is C24H31N3O3. The Kier molecular flexibility index (Phi) is 7.44. The first-order chi connectivity index (χ1) is 14.4. The topological polar surface area (TPSA) is 71.5 Å². The van der Waals surface area contributed by atoms with Gasteiger partial charge in [0.05, 0.1) is 0 Å². The monoisotopic (exact) mass is 409 g/mol. The van der Waals surface area contributed by atoms with E-state index in [4.69, 9.17) is 4.74 Å². The van der Waals surface area contributed by atoms with E-state index in [1.807, 2.05) is 42.2 Å². The van der Waals surface area contributed by atoms with Crippen molar-refractivity contribution in [3.63, 3.8) is 0 Å². The second-order valence-electron chi connectivity index (χ2n) is 8.29. The summed E-state index contributed by atoms with van der Waals surface area (Å²) >= 11 is 0. The number of nitrogens with zero attached hydrogens (tertiary/aromatic N) is 2. The van der Waals surface area contributed by atoms with E-state index in [1.54, 1.807) is 18.5 Å². The zero-order valence-electron chi connectivity index (χ0n) is 18.0. The summed E-state index contributed by atoms with van der Waals surface area (Å²) < 4.78 is 5.81. The second-order valence-corrected chi connectivity index (χ2v) is 8.29. The fraction of sp³-hybridized carbons (Fsp3) is 0.458. The highest BCUT2D eigenvalue weighted by molar-refractivity contribution is 5.94. The summed E-state index contributed by atoms with van der Waals surface area (Å²) in [4.78, 5) is 31.3. The van der Waals surface area contributed by atoms with Gasteiger partial charge in [0, 0.05) is 48.6 Å². The number of carbonyl (C=O) groups excluding carboxylic acids is 2. The minimum atomic E-state index is -0.0237. The average molecular weight is 410 g/mol. The lowest BCUT2D eigenvalue weighted by molar-refractivity contribution is -0.127. The van der Waals surface area contributed by atoms with Crippen molar-refractivity contribution < 1.29 is 14.3 Å². The zero-order valence-corrected chi connectivity index (χ0v) is 18.0. The van der Waals surface area contributed by atoms with Crippen LogP contribution in [0, 0.1) is 11.8 Å². The molecule has 1 aliphatic heterocycles. The fourth-order valence-electron chi connectivity index (χ4n) is 3.41. The van der Waals surface area contributed by atoms with Crippen LogP contribution in [0.5, 0.6) is 5.75 Å². The molecule has 2 amide bonds. The van der Waals surface area contributed by atoms with Crippen LogP contribution in [0.3, 0.4) is 0 Å². The number of likely N-dealkylation sites (tertiary alicyclic amines) is 1. The molecule has 1 unspecified atom stereocenters. The lowest BCUT2D eigenvalue weighted by Crippen LogP contribution is -2.45. The van der Waals surface area contributed by atoms with Gasteiger partial charge in [-0.05, 0) is 49.9 Å². The van der Waals surface area contributed by atoms with E-state index in [0.717, 1.165) is 5.56 Å². The lowest BCUT2D eigenvalue weighted by Gasteiger charge is -2.32. The smallest absolute Gasteiger partial charge is 0.253 e. The molecule has 1 fully saturated rings. The number of benzene rings is 1. The summed E-state index contributed by atoms with van der Waals surface area (Å²) in [7, 11) is 0. The number of nitrogens with one attached hydrogen (secondary N) is 1. The van der Waals surface area contributed by atoms with Crippen LogP contribution in [0.4, 0.5) is 0 Å². The van der Waals surface area contributed by atoms with E-state index >= 15 is 0 Å². The third-order valence-electron chi connectivity index (χ3n) is 5.73. The number of aromatic nitrogens is 1. The average Bonchev–Trinajstić information content (AvgIpc) is 2.78. The third kappa shape index (κ3) is 5.81. The fourth-order valence-corrected chi connectivity index (χ4v) is 3.41. The molecule has 1 aliphatic rings. The van der Waals surface area contributed by atoms with Crippen LogP contribution in [0.25, 0.3) is 0 Å². The van der Waals surface area contributed by atoms with Gasteiger partial charge in [-0.1, -0.05) is 26.0 Å². The van der Waals surface area contributed by atoms with Crippen molar-refractivity contribution in [2.24, 2.45) is 11.8 Å². The molecule has 1 atom stereocenters. The summed E-state index contributed by atoms with van der Waals surface area (Å²) in [6.45, 7) is 7.81. The minimum Gasteiger partial charge on any atom is -0.489 e. The third-order valence-corrected chi connectivity index (χ3v) is 5.73. The predicted molar refractivity (Wildman–Crippen MR) is 116 cm³/mol. The largest absolute Gasteiger partial charge is 0.489 e. The highest BCUT2D eigenvalue weighted by atomic mass is 16.5. The van der Waals surface area contributed by atoms with Crippen molar-refractivity contribution in [1.82, 2.24) is 15.2 Å². The molecule has 0 aliphatic carbocycles. The number of ether oxygens (including phenoxy) is 1. The van der Waals surface area contributed by atoms with Crippen LogP contribution in [0.2, 0.25) is 0 Å². The van der Waals surface area contributed by atoms with Crippen LogP contribution >= 0.6 is 0 Å². The van der Waals surface area contributed by atoms with Gasteiger partial charge in [-0.3, -0.25) is 14.6 Å². The number of hydrogen-bond donors (Lipinski definition) is 1. The molecule has 30 heavy (non-hydrogen) atoms. The van der Waals surface area contributed by atoms with Gasteiger partial charge in [0.15, 0.2) is 0 Å². The summed E-state index contributed by atoms with van der Waals surface area (Å²) in [6.07, 6.45) is 4.87. The van der Waals surface area contributed by atoms with Crippen LogP contribution in [-0.2, 0) is 11.4 Å². The molecule has 6 nitrogen and oxygen atoms in total. The maximum Gasteiger partial charge on any atom is 0.253 e. The molecule has 160 valence electrons. The summed E-state index contributed by atoms with van der Waals surface area (Å²) in [5.41, 5.74) is 1.58. The Morgan fingerprint density at radius 2 is 1.93 bits per heavy atom. The van der Waals surface area contributed by atoms with E-state index in [-0.39, 0.29) is 23.8 Å². The molecule has 3 rings (SSSR count). The molecule has 0 bridgehead atoms. The van der Waals surface area contributed by atoms with E-state index < -0.39 is 0 Å². The summed E-state index contributed by atoms with van der Waals surface area (Å²) in [5.74, 6) is 1.12. The van der Waals surface area contributed by atoms with Gasteiger partial charge in [-0.2, -0.15) is 0 Å². The highest BCUT2D eigenvalue weighted by Crippen LogP contribution is 2.22. The maximum atomic E-state index is 12.9. The van der Waals surface area contributed by atoms with Gasteiger partial charge in [0.2, 0.25) is 5.91 Å². The number of piperidine rings is 1. The van der Waals surface area contributed by atoms with Crippen molar-refractivity contribution in [2.75, 3.05) is 13.1 Å². The Morgan fingerprint density at radius 3 is 2.60 bits per heavy atom. The molecule has 0 saturated carbocycles. The molecule has 0 radical (unpaired) electrons. The van der Waals surface area contributed by atoms with Crippen molar-refractivity contribution in [1.29, 1.82) is 0 Å². The number of pyridine rings is 1. The van der Waals surface area contributed by atoms with Crippen LogP contribution in [0.15, 0.2) is 48.8 Å². The highest BCUT2D eigenvalue weighted by Gasteiger charge is 2.28. The first-order valence-corrected chi connectivity index (χ1v) is 10.7. The van der Waals surface area contributed by atoms with E-state index in [0.29, 0.717) is 49.8 Å². The number of carbonyl (C=O) groups is 2. The van der Waals surface area contributed by atoms with E-state index in [1.165, 1.54) is 0 Å². The minimum absolute atomic E-state index is 0.0174. The number of rotatable bonds is 7. The standard InChI is InChI=1S/C24H31N3O3/c1-17(2)18(3)26-23(28)20-9-12-27(13-10-20)24(29)21-7-4-8-22(14-21)30-16-19-6-5-11-25-15-19/h4-8,11,14-15,17-18,20H,9-10,12-13,16H2,1-3H3,(H,26,28). The molecule has 1 aromatic carbocycles. The molecule has 1 N–H and O–H groups in total. The molecule has 0 spiro atoms. The Hall–Kier alpha value is -2.89. The molecule has 2 aromatic rings. The van der Waals surface area contributed by atoms with Crippen molar-refractivity contribution in [2.45, 2.75) is 46.3 Å². The Bertz CT molecular complexity index is 846. The van der Waals surface area contributed by atoms with Gasteiger partial charge in [0.1, 0.15) is 12.4 Å². The molecule has 1 saturated heterocycles. The van der Waals surface area contributed by atoms with E-state index in [2.05, 4.69) is 24.1 Å². The number of amides is 2. The van der Waals surface area contributed by atoms with E-state index in [9.17, 15) is 9.59 Å². The normalized spacial score (nSPS) is 15.7. The maximum absolute atomic E-state index is 12.9. The Labute approximate surface area is 178 Å². The quantitative estimate of drug-likeness (QED) is 0.757. The number of hydrogen-bond acceptors (Lipinski definition) is 4. The molecular weight excluding hydrogens is 378 g/mol. The van der Waals surface area contributed by atoms with Gasteiger partial charge >= 0.3 is 0 Å². The first-order valence-electron chi connectivity index (χ1n) is 10.7. The first kappa shape index (κ1) is 21.8. The lowest BCUT2D eigenvalue weighted by atomic mass is 9.94. The van der Waals surface area contributed by atoms with Crippen molar-refractivity contribution in [3.8, 4) is 5.75 Å². The van der Waals surface area contributed by atoms with Crippen LogP contribution in [0.1, 0.15) is 49.5 Å². The predicted octanol–water partition coefficient (Wildman–Crippen LogP) is 3.67. The SMILES string of the molecule is CC(C)C(C)NC(=O)C1CCN(C(=O)c2cccc(OCc3cccnc3)c2)CC1. The van der Waals surface area contributed by atoms with Gasteiger partial charge in [0.25, 0.3) is 5.91 Å². The van der Waals surface area contributed by atoms with Crippen LogP contribution < -0.4 is 10.1 Å². The molecule has 6 heteroatoms. The zero-order chi connectivity index (χ0) is 21.5. The van der Waals surface area contributed by atoms with Crippen molar-refractivity contribution >= 4 is 11.8 Å². The summed E-state index contributed by atoms with van der Waals surface area (Å²) in [5, 5.41) is 3.10.